The number of carbonyl (C=O) groups is 1. The maximum atomic E-state index is 10.8. The van der Waals surface area contributed by atoms with Crippen molar-refractivity contribution in [3.63, 3.8) is 0 Å². The number of benzene rings is 1. The molecule has 2 rings (SSSR count). The summed E-state index contributed by atoms with van der Waals surface area (Å²) in [5.41, 5.74) is 0.218. The first kappa shape index (κ1) is 10.1. The second-order valence-corrected chi connectivity index (χ2v) is 3.05. The van der Waals surface area contributed by atoms with Crippen molar-refractivity contribution in [1.29, 1.82) is 0 Å². The van der Waals surface area contributed by atoms with Gasteiger partial charge >= 0.3 is 0 Å². The molecule has 2 aromatic rings. The fourth-order valence-electron chi connectivity index (χ4n) is 1.16. The number of rotatable bonds is 3. The number of aldehydes is 1. The van der Waals surface area contributed by atoms with E-state index in [1.165, 1.54) is 12.1 Å². The van der Waals surface area contributed by atoms with E-state index in [1.807, 2.05) is 0 Å². The van der Waals surface area contributed by atoms with Crippen LogP contribution < -0.4 is 10.3 Å². The Bertz CT molecular complexity index is 543. The van der Waals surface area contributed by atoms with E-state index in [0.29, 0.717) is 11.3 Å². The molecule has 0 spiro atoms. The molecule has 0 saturated carbocycles. The lowest BCUT2D eigenvalue weighted by Gasteiger charge is -2.03. The van der Waals surface area contributed by atoms with Gasteiger partial charge in [0.15, 0.2) is 0 Å². The summed E-state index contributed by atoms with van der Waals surface area (Å²) in [5.74, 6) is 0.756. The number of H-pyrrole nitrogens is 1. The number of hydrogen-bond acceptors (Lipinski definition) is 4. The van der Waals surface area contributed by atoms with Gasteiger partial charge in [-0.1, -0.05) is 12.1 Å². The van der Waals surface area contributed by atoms with Crippen LogP contribution in [0.15, 0.2) is 41.2 Å². The molecule has 0 radical (unpaired) electrons. The van der Waals surface area contributed by atoms with Crippen LogP contribution in [0.25, 0.3) is 0 Å². The smallest absolute Gasteiger partial charge is 0.264 e. The van der Waals surface area contributed by atoms with Gasteiger partial charge in [-0.3, -0.25) is 9.59 Å². The van der Waals surface area contributed by atoms with Crippen molar-refractivity contribution in [2.75, 3.05) is 0 Å². The van der Waals surface area contributed by atoms with E-state index in [0.717, 1.165) is 6.29 Å². The van der Waals surface area contributed by atoms with Gasteiger partial charge in [-0.15, -0.1) is 5.10 Å². The Morgan fingerprint density at radius 1 is 1.25 bits per heavy atom. The lowest BCUT2D eigenvalue weighted by molar-refractivity contribution is 0.112. The van der Waals surface area contributed by atoms with Gasteiger partial charge in [0.1, 0.15) is 12.0 Å². The summed E-state index contributed by atoms with van der Waals surface area (Å²) in [6.07, 6.45) is 0.729. The molecule has 0 saturated heterocycles. The van der Waals surface area contributed by atoms with E-state index in [-0.39, 0.29) is 11.4 Å². The van der Waals surface area contributed by atoms with Crippen molar-refractivity contribution < 1.29 is 9.53 Å². The first-order chi connectivity index (χ1) is 7.78. The lowest BCUT2D eigenvalue weighted by Crippen LogP contribution is -2.05. The van der Waals surface area contributed by atoms with Gasteiger partial charge in [-0.25, -0.2) is 5.10 Å². The molecule has 1 aromatic heterocycles. The molecule has 5 nitrogen and oxygen atoms in total. The van der Waals surface area contributed by atoms with Gasteiger partial charge in [0.2, 0.25) is 5.88 Å². The quantitative estimate of drug-likeness (QED) is 0.786. The van der Waals surface area contributed by atoms with Crippen LogP contribution in [-0.4, -0.2) is 16.5 Å². The normalized spacial score (nSPS) is 9.75. The minimum absolute atomic E-state index is 0.266. The number of aromatic nitrogens is 2. The average molecular weight is 216 g/mol. The third kappa shape index (κ3) is 2.33. The summed E-state index contributed by atoms with van der Waals surface area (Å²) >= 11 is 0. The van der Waals surface area contributed by atoms with E-state index in [4.69, 9.17) is 4.74 Å². The molecule has 0 unspecified atom stereocenters. The zero-order valence-electron chi connectivity index (χ0n) is 8.21. The minimum Gasteiger partial charge on any atom is -0.438 e. The molecule has 0 aliphatic rings. The van der Waals surface area contributed by atoms with Gasteiger partial charge < -0.3 is 4.74 Å². The van der Waals surface area contributed by atoms with Crippen molar-refractivity contribution >= 4 is 6.29 Å². The van der Waals surface area contributed by atoms with Crippen molar-refractivity contribution in [1.82, 2.24) is 10.2 Å². The van der Waals surface area contributed by atoms with Crippen LogP contribution in [0.2, 0.25) is 0 Å². The molecular formula is C11H8N2O3. The van der Waals surface area contributed by atoms with Gasteiger partial charge in [0.25, 0.3) is 5.56 Å². The fourth-order valence-corrected chi connectivity index (χ4v) is 1.16. The lowest BCUT2D eigenvalue weighted by atomic mass is 10.2. The molecule has 0 atom stereocenters. The fraction of sp³-hybridized carbons (Fsp3) is 0. The topological polar surface area (TPSA) is 72.1 Å². The average Bonchev–Trinajstić information content (AvgIpc) is 2.32. The van der Waals surface area contributed by atoms with Crippen molar-refractivity contribution in [3.8, 4) is 11.6 Å². The Balaban J connectivity index is 2.23. The largest absolute Gasteiger partial charge is 0.438 e. The molecule has 0 aliphatic heterocycles. The third-order valence-corrected chi connectivity index (χ3v) is 1.87. The highest BCUT2D eigenvalue weighted by Gasteiger charge is 1.99. The molecule has 1 heterocycles. The zero-order chi connectivity index (χ0) is 11.4. The molecule has 0 bridgehead atoms. The van der Waals surface area contributed by atoms with Crippen LogP contribution in [0.1, 0.15) is 10.4 Å². The molecule has 16 heavy (non-hydrogen) atoms. The summed E-state index contributed by atoms with van der Waals surface area (Å²) in [7, 11) is 0. The summed E-state index contributed by atoms with van der Waals surface area (Å²) in [5, 5.41) is 5.93. The predicted molar refractivity (Wildman–Crippen MR) is 56.8 cm³/mol. The molecule has 5 heteroatoms. The standard InChI is InChI=1S/C11H8N2O3/c14-7-8-2-1-3-9(6-8)16-11-5-4-10(15)12-13-11/h1-7H,(H,12,15). The Morgan fingerprint density at radius 2 is 2.12 bits per heavy atom. The van der Waals surface area contributed by atoms with Crippen molar-refractivity contribution in [2.45, 2.75) is 0 Å². The number of ether oxygens (including phenoxy) is 1. The highest BCUT2D eigenvalue weighted by molar-refractivity contribution is 5.75. The Hall–Kier alpha value is -2.43. The SMILES string of the molecule is O=Cc1cccc(Oc2ccc(=O)[nH]n2)c1. The van der Waals surface area contributed by atoms with E-state index in [9.17, 15) is 9.59 Å². The van der Waals surface area contributed by atoms with Gasteiger partial charge in [-0.2, -0.15) is 0 Å². The second kappa shape index (κ2) is 4.39. The minimum atomic E-state index is -0.297. The summed E-state index contributed by atoms with van der Waals surface area (Å²) < 4.78 is 5.34. The van der Waals surface area contributed by atoms with Crippen molar-refractivity contribution in [3.05, 3.63) is 52.3 Å². The number of nitrogens with one attached hydrogen (secondary N) is 1. The highest BCUT2D eigenvalue weighted by atomic mass is 16.5. The number of aromatic amines is 1. The van der Waals surface area contributed by atoms with Crippen LogP contribution >= 0.6 is 0 Å². The molecular weight excluding hydrogens is 208 g/mol. The summed E-state index contributed by atoms with van der Waals surface area (Å²) in [6.45, 7) is 0. The van der Waals surface area contributed by atoms with E-state index < -0.39 is 0 Å². The molecule has 80 valence electrons. The van der Waals surface area contributed by atoms with Crippen LogP contribution in [0.3, 0.4) is 0 Å². The van der Waals surface area contributed by atoms with Crippen LogP contribution in [-0.2, 0) is 0 Å². The number of nitrogens with zero attached hydrogens (tertiary/aromatic N) is 1. The Morgan fingerprint density at radius 3 is 2.81 bits per heavy atom. The molecule has 0 aliphatic carbocycles. The Labute approximate surface area is 90.7 Å². The number of hydrogen-bond donors (Lipinski definition) is 1. The number of carbonyl (C=O) groups excluding carboxylic acids is 1. The van der Waals surface area contributed by atoms with Gasteiger partial charge in [0, 0.05) is 17.7 Å². The van der Waals surface area contributed by atoms with E-state index >= 15 is 0 Å². The van der Waals surface area contributed by atoms with Gasteiger partial charge in [0.05, 0.1) is 0 Å². The maximum absolute atomic E-state index is 10.8. The van der Waals surface area contributed by atoms with Crippen LogP contribution in [0, 0.1) is 0 Å². The maximum Gasteiger partial charge on any atom is 0.264 e. The molecule has 1 N–H and O–H groups in total. The van der Waals surface area contributed by atoms with Gasteiger partial charge in [-0.05, 0) is 12.1 Å². The zero-order valence-corrected chi connectivity index (χ0v) is 8.21. The third-order valence-electron chi connectivity index (χ3n) is 1.87. The van der Waals surface area contributed by atoms with Crippen molar-refractivity contribution in [2.24, 2.45) is 0 Å². The molecule has 0 amide bonds. The summed E-state index contributed by atoms with van der Waals surface area (Å²) in [6, 6.07) is 9.41. The summed E-state index contributed by atoms with van der Waals surface area (Å²) in [4.78, 5) is 21.3. The van der Waals surface area contributed by atoms with E-state index in [1.54, 1.807) is 24.3 Å². The molecule has 0 fully saturated rings. The molecule has 1 aromatic carbocycles. The van der Waals surface area contributed by atoms with Crippen LogP contribution in [0.5, 0.6) is 11.6 Å². The van der Waals surface area contributed by atoms with E-state index in [2.05, 4.69) is 10.2 Å². The highest BCUT2D eigenvalue weighted by Crippen LogP contribution is 2.18. The van der Waals surface area contributed by atoms with Crippen LogP contribution in [0.4, 0.5) is 0 Å². The Kier molecular flexibility index (Phi) is 2.77. The second-order valence-electron chi connectivity index (χ2n) is 3.05. The predicted octanol–water partition coefficient (Wildman–Crippen LogP) is 1.37. The first-order valence-corrected chi connectivity index (χ1v) is 4.57. The first-order valence-electron chi connectivity index (χ1n) is 4.57. The monoisotopic (exact) mass is 216 g/mol.